The van der Waals surface area contributed by atoms with Crippen molar-refractivity contribution in [2.45, 2.75) is 19.8 Å². The van der Waals surface area contributed by atoms with Crippen LogP contribution in [0.25, 0.3) is 9.88 Å². The molecule has 0 aliphatic heterocycles. The van der Waals surface area contributed by atoms with Gasteiger partial charge in [-0.2, -0.15) is 0 Å². The lowest BCUT2D eigenvalue weighted by Crippen LogP contribution is -1.77. The quantitative estimate of drug-likeness (QED) is 0.728. The lowest BCUT2D eigenvalue weighted by molar-refractivity contribution is 0.885. The fourth-order valence-electron chi connectivity index (χ4n) is 1.07. The first-order valence-corrected chi connectivity index (χ1v) is 5.96. The predicted molar refractivity (Wildman–Crippen MR) is 59.5 cm³/mol. The average molecular weight is 209 g/mol. The fourth-order valence-corrected chi connectivity index (χ4v) is 2.79. The van der Waals surface area contributed by atoms with Crippen LogP contribution in [0.5, 0.6) is 0 Å². The summed E-state index contributed by atoms with van der Waals surface area (Å²) < 4.78 is 0. The molecule has 0 aliphatic rings. The topological polar surface area (TPSA) is 12.9 Å². The van der Waals surface area contributed by atoms with E-state index in [1.54, 1.807) is 22.7 Å². The Balaban J connectivity index is 2.33. The Morgan fingerprint density at radius 3 is 2.77 bits per heavy atom. The summed E-state index contributed by atoms with van der Waals surface area (Å²) in [7, 11) is 0. The number of hydrogen-bond donors (Lipinski definition) is 0. The SMILES string of the molecule is CC(C)c1cnc(-c2cccs2)s1. The standard InChI is InChI=1S/C10H11NS2/c1-7(2)9-6-11-10(13-9)8-4-3-5-12-8/h3-7H,1-2H3. The van der Waals surface area contributed by atoms with Crippen molar-refractivity contribution in [1.29, 1.82) is 0 Å². The molecule has 3 heteroatoms. The Hall–Kier alpha value is -0.670. The van der Waals surface area contributed by atoms with Gasteiger partial charge in [-0.1, -0.05) is 19.9 Å². The lowest BCUT2D eigenvalue weighted by atomic mass is 10.2. The molecule has 0 N–H and O–H groups in total. The zero-order chi connectivity index (χ0) is 9.26. The molecule has 0 amide bonds. The summed E-state index contributed by atoms with van der Waals surface area (Å²) in [5.41, 5.74) is 0. The number of aromatic nitrogens is 1. The third-order valence-electron chi connectivity index (χ3n) is 1.82. The third-order valence-corrected chi connectivity index (χ3v) is 4.16. The van der Waals surface area contributed by atoms with Gasteiger partial charge in [0, 0.05) is 11.1 Å². The monoisotopic (exact) mass is 209 g/mol. The summed E-state index contributed by atoms with van der Waals surface area (Å²) in [6.07, 6.45) is 1.99. The van der Waals surface area contributed by atoms with Crippen LogP contribution in [0, 0.1) is 0 Å². The van der Waals surface area contributed by atoms with Gasteiger partial charge in [-0.05, 0) is 17.4 Å². The van der Waals surface area contributed by atoms with Crippen molar-refractivity contribution in [2.75, 3.05) is 0 Å². The molecular weight excluding hydrogens is 198 g/mol. The first-order valence-electron chi connectivity index (χ1n) is 4.27. The second-order valence-electron chi connectivity index (χ2n) is 3.20. The third kappa shape index (κ3) is 1.81. The minimum Gasteiger partial charge on any atom is -0.243 e. The smallest absolute Gasteiger partial charge is 0.133 e. The molecule has 13 heavy (non-hydrogen) atoms. The first kappa shape index (κ1) is 8.91. The van der Waals surface area contributed by atoms with E-state index in [4.69, 9.17) is 0 Å². The molecule has 2 heterocycles. The largest absolute Gasteiger partial charge is 0.243 e. The van der Waals surface area contributed by atoms with Crippen molar-refractivity contribution in [3.05, 3.63) is 28.6 Å². The zero-order valence-electron chi connectivity index (χ0n) is 7.65. The van der Waals surface area contributed by atoms with Crippen molar-refractivity contribution in [3.63, 3.8) is 0 Å². The fraction of sp³-hybridized carbons (Fsp3) is 0.300. The van der Waals surface area contributed by atoms with Crippen LogP contribution >= 0.6 is 22.7 Å². The molecule has 0 atom stereocenters. The molecule has 0 unspecified atom stereocenters. The molecule has 0 aliphatic carbocycles. The van der Waals surface area contributed by atoms with Crippen LogP contribution in [0.15, 0.2) is 23.7 Å². The van der Waals surface area contributed by atoms with Gasteiger partial charge in [0.15, 0.2) is 0 Å². The van der Waals surface area contributed by atoms with E-state index >= 15 is 0 Å². The van der Waals surface area contributed by atoms with E-state index in [9.17, 15) is 0 Å². The van der Waals surface area contributed by atoms with E-state index in [1.165, 1.54) is 9.75 Å². The second kappa shape index (κ2) is 3.60. The van der Waals surface area contributed by atoms with Gasteiger partial charge in [0.25, 0.3) is 0 Å². The summed E-state index contributed by atoms with van der Waals surface area (Å²) in [5.74, 6) is 0.589. The highest BCUT2D eigenvalue weighted by atomic mass is 32.1. The average Bonchev–Trinajstić information content (AvgIpc) is 2.75. The highest BCUT2D eigenvalue weighted by Gasteiger charge is 2.07. The summed E-state index contributed by atoms with van der Waals surface area (Å²) in [5, 5.41) is 3.24. The van der Waals surface area contributed by atoms with E-state index in [0.717, 1.165) is 5.01 Å². The van der Waals surface area contributed by atoms with Crippen LogP contribution in [0.4, 0.5) is 0 Å². The predicted octanol–water partition coefficient (Wildman–Crippen LogP) is 4.00. The number of thiazole rings is 1. The van der Waals surface area contributed by atoms with E-state index in [0.29, 0.717) is 5.92 Å². The van der Waals surface area contributed by atoms with Gasteiger partial charge in [0.2, 0.25) is 0 Å². The molecule has 0 aromatic carbocycles. The molecule has 2 rings (SSSR count). The van der Waals surface area contributed by atoms with Crippen molar-refractivity contribution in [3.8, 4) is 9.88 Å². The maximum absolute atomic E-state index is 4.41. The summed E-state index contributed by atoms with van der Waals surface area (Å²) in [6.45, 7) is 4.40. The molecule has 0 spiro atoms. The van der Waals surface area contributed by atoms with Crippen LogP contribution in [-0.2, 0) is 0 Å². The minimum atomic E-state index is 0.589. The molecule has 1 nitrogen and oxygen atoms in total. The Morgan fingerprint density at radius 1 is 1.38 bits per heavy atom. The molecule has 0 fully saturated rings. The first-order chi connectivity index (χ1) is 6.27. The van der Waals surface area contributed by atoms with Gasteiger partial charge in [-0.3, -0.25) is 0 Å². The summed E-state index contributed by atoms with van der Waals surface area (Å²) in [4.78, 5) is 7.05. The molecule has 2 aromatic heterocycles. The van der Waals surface area contributed by atoms with Gasteiger partial charge in [0.1, 0.15) is 5.01 Å². The molecule has 0 saturated heterocycles. The van der Waals surface area contributed by atoms with Crippen LogP contribution in [-0.4, -0.2) is 4.98 Å². The lowest BCUT2D eigenvalue weighted by Gasteiger charge is -1.95. The Morgan fingerprint density at radius 2 is 2.23 bits per heavy atom. The molecule has 2 aromatic rings. The summed E-state index contributed by atoms with van der Waals surface area (Å²) in [6, 6.07) is 4.18. The van der Waals surface area contributed by atoms with E-state index in [2.05, 4.69) is 36.3 Å². The van der Waals surface area contributed by atoms with E-state index in [-0.39, 0.29) is 0 Å². The van der Waals surface area contributed by atoms with Crippen molar-refractivity contribution < 1.29 is 0 Å². The highest BCUT2D eigenvalue weighted by Crippen LogP contribution is 2.31. The zero-order valence-corrected chi connectivity index (χ0v) is 9.28. The maximum Gasteiger partial charge on any atom is 0.133 e. The Kier molecular flexibility index (Phi) is 2.47. The number of nitrogens with zero attached hydrogens (tertiary/aromatic N) is 1. The second-order valence-corrected chi connectivity index (χ2v) is 5.21. The Bertz CT molecular complexity index is 373. The normalized spacial score (nSPS) is 11.0. The van der Waals surface area contributed by atoms with Crippen molar-refractivity contribution in [1.82, 2.24) is 4.98 Å². The van der Waals surface area contributed by atoms with Crippen molar-refractivity contribution in [2.24, 2.45) is 0 Å². The van der Waals surface area contributed by atoms with Crippen LogP contribution in [0.1, 0.15) is 24.6 Å². The van der Waals surface area contributed by atoms with Gasteiger partial charge >= 0.3 is 0 Å². The molecule has 68 valence electrons. The molecular formula is C10H11NS2. The number of hydrogen-bond acceptors (Lipinski definition) is 3. The van der Waals surface area contributed by atoms with Crippen molar-refractivity contribution >= 4 is 22.7 Å². The van der Waals surface area contributed by atoms with Gasteiger partial charge < -0.3 is 0 Å². The Labute approximate surface area is 86.1 Å². The van der Waals surface area contributed by atoms with Gasteiger partial charge in [-0.15, -0.1) is 22.7 Å². The van der Waals surface area contributed by atoms with E-state index < -0.39 is 0 Å². The number of rotatable bonds is 2. The van der Waals surface area contributed by atoms with Gasteiger partial charge in [0.05, 0.1) is 4.88 Å². The number of thiophene rings is 1. The van der Waals surface area contributed by atoms with Crippen LogP contribution in [0.2, 0.25) is 0 Å². The van der Waals surface area contributed by atoms with E-state index in [1.807, 2.05) is 6.20 Å². The van der Waals surface area contributed by atoms with Crippen LogP contribution in [0.3, 0.4) is 0 Å². The molecule has 0 bridgehead atoms. The van der Waals surface area contributed by atoms with Crippen LogP contribution < -0.4 is 0 Å². The minimum absolute atomic E-state index is 0.589. The molecule has 0 radical (unpaired) electrons. The highest BCUT2D eigenvalue weighted by molar-refractivity contribution is 7.21. The van der Waals surface area contributed by atoms with Gasteiger partial charge in [-0.25, -0.2) is 4.98 Å². The summed E-state index contributed by atoms with van der Waals surface area (Å²) >= 11 is 3.55. The molecule has 0 saturated carbocycles. The maximum atomic E-state index is 4.41.